The van der Waals surface area contributed by atoms with E-state index in [0.29, 0.717) is 25.2 Å². The predicted molar refractivity (Wildman–Crippen MR) is 92.7 cm³/mol. The second kappa shape index (κ2) is 7.11. The molecular formula is C19H27N3O2. The summed E-state index contributed by atoms with van der Waals surface area (Å²) < 4.78 is 5.39. The molecule has 0 N–H and O–H groups in total. The van der Waals surface area contributed by atoms with Crippen LogP contribution in [0.25, 0.3) is 0 Å². The van der Waals surface area contributed by atoms with Gasteiger partial charge in [-0.2, -0.15) is 0 Å². The summed E-state index contributed by atoms with van der Waals surface area (Å²) in [5.74, 6) is 0.609. The van der Waals surface area contributed by atoms with Gasteiger partial charge in [-0.1, -0.05) is 30.3 Å². The number of morpholine rings is 1. The Labute approximate surface area is 144 Å². The molecule has 4 heterocycles. The Morgan fingerprint density at radius 1 is 1.04 bits per heavy atom. The number of piperidine rings is 1. The molecular weight excluding hydrogens is 302 g/mol. The van der Waals surface area contributed by atoms with Gasteiger partial charge in [-0.15, -0.1) is 0 Å². The summed E-state index contributed by atoms with van der Waals surface area (Å²) >= 11 is 0. The highest BCUT2D eigenvalue weighted by Crippen LogP contribution is 2.29. The lowest BCUT2D eigenvalue weighted by Crippen LogP contribution is -2.54. The topological polar surface area (TPSA) is 36.0 Å². The van der Waals surface area contributed by atoms with Gasteiger partial charge in [-0.05, 0) is 24.3 Å². The van der Waals surface area contributed by atoms with Crippen molar-refractivity contribution in [2.45, 2.75) is 25.4 Å². The van der Waals surface area contributed by atoms with Crippen molar-refractivity contribution in [3.63, 3.8) is 0 Å². The molecule has 0 aliphatic carbocycles. The van der Waals surface area contributed by atoms with Crippen molar-refractivity contribution in [1.29, 1.82) is 0 Å². The molecule has 4 fully saturated rings. The third kappa shape index (κ3) is 3.42. The standard InChI is InChI=1S/C19H27N3O2/c23-19(21-8-10-24-11-9-21)22-14-17-6-7-18(22)15-20(13-17)12-16-4-2-1-3-5-16/h1-5,17-18H,6-15H2/t17-,18+/m1/s1. The fourth-order valence-corrected chi connectivity index (χ4v) is 4.32. The van der Waals surface area contributed by atoms with Crippen molar-refractivity contribution < 1.29 is 9.53 Å². The highest BCUT2D eigenvalue weighted by atomic mass is 16.5. The minimum absolute atomic E-state index is 0.231. The Hall–Kier alpha value is -1.59. The van der Waals surface area contributed by atoms with Gasteiger partial charge in [0.1, 0.15) is 0 Å². The van der Waals surface area contributed by atoms with Gasteiger partial charge in [-0.25, -0.2) is 4.79 Å². The zero-order chi connectivity index (χ0) is 16.4. The highest BCUT2D eigenvalue weighted by molar-refractivity contribution is 5.75. The molecule has 0 spiro atoms. The largest absolute Gasteiger partial charge is 0.378 e. The summed E-state index contributed by atoms with van der Waals surface area (Å²) in [6.07, 6.45) is 2.40. The van der Waals surface area contributed by atoms with E-state index in [1.807, 2.05) is 4.90 Å². The Morgan fingerprint density at radius 2 is 1.83 bits per heavy atom. The second-order valence-corrected chi connectivity index (χ2v) is 7.31. The van der Waals surface area contributed by atoms with Crippen LogP contribution in [0.4, 0.5) is 4.79 Å². The van der Waals surface area contributed by atoms with Gasteiger partial charge in [0.05, 0.1) is 13.2 Å². The quantitative estimate of drug-likeness (QED) is 0.833. The van der Waals surface area contributed by atoms with E-state index in [0.717, 1.165) is 45.7 Å². The Morgan fingerprint density at radius 3 is 2.62 bits per heavy atom. The molecule has 5 heteroatoms. The van der Waals surface area contributed by atoms with E-state index in [4.69, 9.17) is 4.74 Å². The average molecular weight is 329 g/mol. The van der Waals surface area contributed by atoms with Crippen LogP contribution in [0.2, 0.25) is 0 Å². The van der Waals surface area contributed by atoms with Crippen LogP contribution in [0, 0.1) is 5.92 Å². The first-order valence-electron chi connectivity index (χ1n) is 9.19. The van der Waals surface area contributed by atoms with Crippen LogP contribution in [-0.4, -0.2) is 72.7 Å². The molecule has 2 bridgehead atoms. The molecule has 5 rings (SSSR count). The molecule has 0 unspecified atom stereocenters. The number of amides is 2. The number of ether oxygens (including phenoxy) is 1. The molecule has 4 saturated heterocycles. The maximum Gasteiger partial charge on any atom is 0.320 e. The number of rotatable bonds is 2. The number of nitrogens with zero attached hydrogens (tertiary/aromatic N) is 3. The van der Waals surface area contributed by atoms with E-state index in [2.05, 4.69) is 40.1 Å². The first-order chi connectivity index (χ1) is 11.8. The summed E-state index contributed by atoms with van der Waals surface area (Å²) in [4.78, 5) is 19.6. The van der Waals surface area contributed by atoms with Crippen molar-refractivity contribution in [3.8, 4) is 0 Å². The van der Waals surface area contributed by atoms with E-state index in [9.17, 15) is 4.79 Å². The van der Waals surface area contributed by atoms with Crippen molar-refractivity contribution in [1.82, 2.24) is 14.7 Å². The van der Waals surface area contributed by atoms with Crippen LogP contribution in [-0.2, 0) is 11.3 Å². The van der Waals surface area contributed by atoms with Crippen LogP contribution in [0.15, 0.2) is 30.3 Å². The molecule has 1 aromatic carbocycles. The van der Waals surface area contributed by atoms with Crippen molar-refractivity contribution >= 4 is 6.03 Å². The molecule has 4 aliphatic heterocycles. The lowest BCUT2D eigenvalue weighted by Gasteiger charge is -2.40. The van der Waals surface area contributed by atoms with Crippen molar-refractivity contribution in [3.05, 3.63) is 35.9 Å². The summed E-state index contributed by atoms with van der Waals surface area (Å²) in [5, 5.41) is 0. The molecule has 24 heavy (non-hydrogen) atoms. The summed E-state index contributed by atoms with van der Waals surface area (Å²) in [6, 6.07) is 11.3. The predicted octanol–water partition coefficient (Wildman–Crippen LogP) is 2.03. The Kier molecular flexibility index (Phi) is 4.72. The molecule has 130 valence electrons. The number of carbonyl (C=O) groups excluding carboxylic acids is 1. The number of fused-ring (bicyclic) bond motifs is 4. The molecule has 2 amide bonds. The van der Waals surface area contributed by atoms with E-state index in [1.165, 1.54) is 12.0 Å². The summed E-state index contributed by atoms with van der Waals surface area (Å²) in [6.45, 7) is 6.85. The van der Waals surface area contributed by atoms with Gasteiger partial charge in [0.15, 0.2) is 0 Å². The third-order valence-electron chi connectivity index (χ3n) is 5.57. The van der Waals surface area contributed by atoms with Gasteiger partial charge in [-0.3, -0.25) is 4.90 Å². The van der Waals surface area contributed by atoms with Gasteiger partial charge in [0, 0.05) is 45.3 Å². The van der Waals surface area contributed by atoms with E-state index >= 15 is 0 Å². The number of hydrogen-bond donors (Lipinski definition) is 0. The van der Waals surface area contributed by atoms with Crippen LogP contribution in [0.1, 0.15) is 18.4 Å². The molecule has 4 aliphatic rings. The zero-order valence-electron chi connectivity index (χ0n) is 14.3. The molecule has 0 radical (unpaired) electrons. The molecule has 2 atom stereocenters. The fraction of sp³-hybridized carbons (Fsp3) is 0.632. The Balaban J connectivity index is 1.43. The molecule has 1 aromatic rings. The maximum atomic E-state index is 12.9. The summed E-state index contributed by atoms with van der Waals surface area (Å²) in [7, 11) is 0. The van der Waals surface area contributed by atoms with E-state index < -0.39 is 0 Å². The lowest BCUT2D eigenvalue weighted by atomic mass is 9.95. The van der Waals surface area contributed by atoms with Gasteiger partial charge >= 0.3 is 6.03 Å². The average Bonchev–Trinajstić information content (AvgIpc) is 2.93. The first kappa shape index (κ1) is 15.9. The maximum absolute atomic E-state index is 12.9. The third-order valence-corrected chi connectivity index (χ3v) is 5.57. The molecule has 0 aromatic heterocycles. The number of benzene rings is 1. The van der Waals surface area contributed by atoms with Gasteiger partial charge in [0.2, 0.25) is 0 Å². The van der Waals surface area contributed by atoms with Crippen LogP contribution >= 0.6 is 0 Å². The molecule has 0 saturated carbocycles. The normalized spacial score (nSPS) is 28.0. The highest BCUT2D eigenvalue weighted by Gasteiger charge is 2.38. The first-order valence-corrected chi connectivity index (χ1v) is 9.19. The van der Waals surface area contributed by atoms with E-state index in [1.54, 1.807) is 0 Å². The van der Waals surface area contributed by atoms with E-state index in [-0.39, 0.29) is 6.03 Å². The molecule has 5 nitrogen and oxygen atoms in total. The smallest absolute Gasteiger partial charge is 0.320 e. The monoisotopic (exact) mass is 329 g/mol. The number of carbonyl (C=O) groups is 1. The van der Waals surface area contributed by atoms with Crippen LogP contribution < -0.4 is 0 Å². The number of hydrogen-bond acceptors (Lipinski definition) is 3. The van der Waals surface area contributed by atoms with Crippen LogP contribution in [0.3, 0.4) is 0 Å². The number of urea groups is 1. The lowest BCUT2D eigenvalue weighted by molar-refractivity contribution is 0.0341. The minimum atomic E-state index is 0.231. The Bertz CT molecular complexity index is 559. The zero-order valence-corrected chi connectivity index (χ0v) is 14.3. The fourth-order valence-electron chi connectivity index (χ4n) is 4.32. The second-order valence-electron chi connectivity index (χ2n) is 7.31. The van der Waals surface area contributed by atoms with Crippen molar-refractivity contribution in [2.75, 3.05) is 45.9 Å². The van der Waals surface area contributed by atoms with Gasteiger partial charge in [0.25, 0.3) is 0 Å². The SMILES string of the molecule is O=C(N1CCOCC1)N1C[C@@H]2CC[C@H]1CN(Cc1ccccc1)C2. The van der Waals surface area contributed by atoms with Crippen molar-refractivity contribution in [2.24, 2.45) is 5.92 Å². The van der Waals surface area contributed by atoms with Crippen LogP contribution in [0.5, 0.6) is 0 Å². The minimum Gasteiger partial charge on any atom is -0.378 e. The van der Waals surface area contributed by atoms with Gasteiger partial charge < -0.3 is 14.5 Å². The summed E-state index contributed by atoms with van der Waals surface area (Å²) in [5.41, 5.74) is 1.37.